The number of hydrogen-bond acceptors (Lipinski definition) is 4. The molecule has 7 heteroatoms. The number of imide groups is 2. The summed E-state index contributed by atoms with van der Waals surface area (Å²) in [5.74, 6) is -1.24. The van der Waals surface area contributed by atoms with Crippen LogP contribution < -0.4 is 15.0 Å². The van der Waals surface area contributed by atoms with Gasteiger partial charge in [-0.1, -0.05) is 6.07 Å². The number of amides is 4. The van der Waals surface area contributed by atoms with Gasteiger partial charge in [0, 0.05) is 6.42 Å². The summed E-state index contributed by atoms with van der Waals surface area (Å²) >= 11 is 0. The number of benzene rings is 2. The Morgan fingerprint density at radius 3 is 2.63 bits per heavy atom. The molecule has 0 unspecified atom stereocenters. The Labute approximate surface area is 154 Å². The molecular weight excluding hydrogens is 351 g/mol. The number of ether oxygens (including phenoxy) is 1. The summed E-state index contributed by atoms with van der Waals surface area (Å²) < 4.78 is 18.8. The molecule has 2 aromatic rings. The lowest BCUT2D eigenvalue weighted by Crippen LogP contribution is -2.54. The standard InChI is InChI=1S/C20H15FN2O4/c1-11-8-13-9-12(2-7-17(13)27-11)10-16-18(24)22-20(26)23(19(16)25)15-5-3-14(21)4-6-15/h2-7,9-11H,8H2,1H3,(H,22,24,26)/b16-10+/t11-/m1/s1. The molecule has 2 aliphatic heterocycles. The number of carbonyl (C=O) groups is 3. The predicted octanol–water partition coefficient (Wildman–Crippen LogP) is 2.82. The van der Waals surface area contributed by atoms with Crippen molar-refractivity contribution in [3.63, 3.8) is 0 Å². The van der Waals surface area contributed by atoms with Crippen molar-refractivity contribution in [1.29, 1.82) is 0 Å². The fraction of sp³-hybridized carbons (Fsp3) is 0.150. The topological polar surface area (TPSA) is 75.7 Å². The van der Waals surface area contributed by atoms with Gasteiger partial charge in [-0.05, 0) is 60.5 Å². The second-order valence-electron chi connectivity index (χ2n) is 6.43. The van der Waals surface area contributed by atoms with Crippen molar-refractivity contribution >= 4 is 29.6 Å². The molecule has 2 heterocycles. The fourth-order valence-electron chi connectivity index (χ4n) is 3.18. The minimum Gasteiger partial charge on any atom is -0.490 e. The number of halogens is 1. The quantitative estimate of drug-likeness (QED) is 0.655. The van der Waals surface area contributed by atoms with Gasteiger partial charge in [0.1, 0.15) is 23.2 Å². The Hall–Kier alpha value is -3.48. The van der Waals surface area contributed by atoms with Gasteiger partial charge in [0.05, 0.1) is 5.69 Å². The lowest BCUT2D eigenvalue weighted by Gasteiger charge is -2.26. The molecule has 0 spiro atoms. The minimum atomic E-state index is -0.870. The molecule has 1 atom stereocenters. The van der Waals surface area contributed by atoms with Gasteiger partial charge < -0.3 is 4.74 Å². The maximum atomic E-state index is 13.1. The molecule has 27 heavy (non-hydrogen) atoms. The first-order chi connectivity index (χ1) is 12.9. The zero-order valence-electron chi connectivity index (χ0n) is 14.4. The number of urea groups is 1. The third-order valence-electron chi connectivity index (χ3n) is 4.42. The number of nitrogens with zero attached hydrogens (tertiary/aromatic N) is 1. The van der Waals surface area contributed by atoms with Crippen LogP contribution in [-0.2, 0) is 16.0 Å². The molecule has 1 N–H and O–H groups in total. The van der Waals surface area contributed by atoms with Gasteiger partial charge in [-0.25, -0.2) is 14.1 Å². The van der Waals surface area contributed by atoms with E-state index in [1.807, 2.05) is 13.0 Å². The van der Waals surface area contributed by atoms with Crippen LogP contribution in [0.25, 0.3) is 6.08 Å². The Kier molecular flexibility index (Phi) is 3.99. The molecule has 136 valence electrons. The largest absolute Gasteiger partial charge is 0.490 e. The van der Waals surface area contributed by atoms with Crippen molar-refractivity contribution in [2.45, 2.75) is 19.4 Å². The van der Waals surface area contributed by atoms with Gasteiger partial charge in [-0.15, -0.1) is 0 Å². The highest BCUT2D eigenvalue weighted by atomic mass is 19.1. The summed E-state index contributed by atoms with van der Waals surface area (Å²) in [6.07, 6.45) is 2.26. The van der Waals surface area contributed by atoms with E-state index in [4.69, 9.17) is 4.74 Å². The Balaban J connectivity index is 1.69. The molecule has 0 bridgehead atoms. The number of hydrogen-bond donors (Lipinski definition) is 1. The number of barbiturate groups is 1. The maximum absolute atomic E-state index is 13.1. The van der Waals surface area contributed by atoms with Crippen LogP contribution in [0.3, 0.4) is 0 Å². The Morgan fingerprint density at radius 1 is 1.15 bits per heavy atom. The molecule has 2 aliphatic rings. The van der Waals surface area contributed by atoms with E-state index >= 15 is 0 Å². The lowest BCUT2D eigenvalue weighted by molar-refractivity contribution is -0.122. The van der Waals surface area contributed by atoms with Gasteiger partial charge in [0.15, 0.2) is 0 Å². The zero-order chi connectivity index (χ0) is 19.1. The third-order valence-corrected chi connectivity index (χ3v) is 4.42. The first kappa shape index (κ1) is 17.0. The van der Waals surface area contributed by atoms with E-state index in [9.17, 15) is 18.8 Å². The van der Waals surface area contributed by atoms with Crippen LogP contribution >= 0.6 is 0 Å². The van der Waals surface area contributed by atoms with Gasteiger partial charge in [-0.3, -0.25) is 14.9 Å². The highest BCUT2D eigenvalue weighted by Crippen LogP contribution is 2.30. The van der Waals surface area contributed by atoms with Crippen LogP contribution in [0, 0.1) is 5.82 Å². The third kappa shape index (κ3) is 3.08. The number of carbonyl (C=O) groups excluding carboxylic acids is 3. The molecule has 4 amide bonds. The van der Waals surface area contributed by atoms with Crippen LogP contribution in [0.15, 0.2) is 48.0 Å². The molecule has 0 aromatic heterocycles. The lowest BCUT2D eigenvalue weighted by atomic mass is 10.0. The smallest absolute Gasteiger partial charge is 0.335 e. The van der Waals surface area contributed by atoms with E-state index < -0.39 is 23.7 Å². The van der Waals surface area contributed by atoms with Gasteiger partial charge in [-0.2, -0.15) is 0 Å². The van der Waals surface area contributed by atoms with E-state index in [0.717, 1.165) is 34.8 Å². The molecule has 0 aliphatic carbocycles. The SMILES string of the molecule is C[C@@H]1Cc2cc(/C=C3\C(=O)NC(=O)N(c4ccc(F)cc4)C3=O)ccc2O1. The van der Waals surface area contributed by atoms with E-state index in [1.165, 1.54) is 18.2 Å². The normalized spacial score (nSPS) is 20.5. The van der Waals surface area contributed by atoms with E-state index in [-0.39, 0.29) is 17.4 Å². The van der Waals surface area contributed by atoms with Crippen LogP contribution in [-0.4, -0.2) is 23.9 Å². The Morgan fingerprint density at radius 2 is 1.89 bits per heavy atom. The first-order valence-corrected chi connectivity index (χ1v) is 8.39. The first-order valence-electron chi connectivity index (χ1n) is 8.39. The highest BCUT2D eigenvalue weighted by Gasteiger charge is 2.36. The monoisotopic (exact) mass is 366 g/mol. The number of fused-ring (bicyclic) bond motifs is 1. The van der Waals surface area contributed by atoms with E-state index in [2.05, 4.69) is 5.32 Å². The van der Waals surface area contributed by atoms with Gasteiger partial charge in [0.25, 0.3) is 11.8 Å². The van der Waals surface area contributed by atoms with Gasteiger partial charge in [0.2, 0.25) is 0 Å². The average Bonchev–Trinajstić information content (AvgIpc) is 2.99. The van der Waals surface area contributed by atoms with Crippen molar-refractivity contribution in [2.24, 2.45) is 0 Å². The molecule has 4 rings (SSSR count). The van der Waals surface area contributed by atoms with Crippen molar-refractivity contribution in [3.8, 4) is 5.75 Å². The second kappa shape index (κ2) is 6.35. The summed E-state index contributed by atoms with van der Waals surface area (Å²) in [7, 11) is 0. The second-order valence-corrected chi connectivity index (χ2v) is 6.43. The zero-order valence-corrected chi connectivity index (χ0v) is 14.4. The van der Waals surface area contributed by atoms with E-state index in [0.29, 0.717) is 5.56 Å². The molecule has 1 saturated heterocycles. The number of anilines is 1. The van der Waals surface area contributed by atoms with Crippen LogP contribution in [0.5, 0.6) is 5.75 Å². The molecule has 0 radical (unpaired) electrons. The van der Waals surface area contributed by atoms with Crippen LogP contribution in [0.2, 0.25) is 0 Å². The van der Waals surface area contributed by atoms with Crippen LogP contribution in [0.4, 0.5) is 14.9 Å². The molecule has 0 saturated carbocycles. The Bertz CT molecular complexity index is 998. The highest BCUT2D eigenvalue weighted by molar-refractivity contribution is 6.39. The summed E-state index contributed by atoms with van der Waals surface area (Å²) in [5.41, 5.74) is 1.64. The molecule has 1 fully saturated rings. The summed E-state index contributed by atoms with van der Waals surface area (Å²) in [5, 5.41) is 2.14. The van der Waals surface area contributed by atoms with Crippen molar-refractivity contribution in [2.75, 3.05) is 4.90 Å². The maximum Gasteiger partial charge on any atom is 0.335 e. The summed E-state index contributed by atoms with van der Waals surface area (Å²) in [6.45, 7) is 1.96. The summed E-state index contributed by atoms with van der Waals surface area (Å²) in [4.78, 5) is 37.9. The molecule has 6 nitrogen and oxygen atoms in total. The van der Waals surface area contributed by atoms with Crippen LogP contribution in [0.1, 0.15) is 18.1 Å². The van der Waals surface area contributed by atoms with E-state index in [1.54, 1.807) is 12.1 Å². The fourth-order valence-corrected chi connectivity index (χ4v) is 3.18. The predicted molar refractivity (Wildman–Crippen MR) is 95.6 cm³/mol. The van der Waals surface area contributed by atoms with Crippen molar-refractivity contribution in [3.05, 3.63) is 65.0 Å². The van der Waals surface area contributed by atoms with Gasteiger partial charge >= 0.3 is 6.03 Å². The molecular formula is C20H15FN2O4. The number of nitrogens with one attached hydrogen (secondary N) is 1. The average molecular weight is 366 g/mol. The summed E-state index contributed by atoms with van der Waals surface area (Å²) in [6, 6.07) is 9.38. The number of rotatable bonds is 2. The van der Waals surface area contributed by atoms with Crippen molar-refractivity contribution < 1.29 is 23.5 Å². The molecule has 2 aromatic carbocycles. The van der Waals surface area contributed by atoms with Crippen molar-refractivity contribution in [1.82, 2.24) is 5.32 Å². The minimum absolute atomic E-state index is 0.0779.